The largest absolute Gasteiger partial charge is 0.508 e. The first-order valence-electron chi connectivity index (χ1n) is 4.94. The number of anilines is 2. The molecule has 0 atom stereocenters. The van der Waals surface area contributed by atoms with Crippen LogP contribution in [0.1, 0.15) is 5.56 Å². The van der Waals surface area contributed by atoms with Crippen molar-refractivity contribution in [1.29, 1.82) is 0 Å². The Morgan fingerprint density at radius 2 is 1.12 bits per heavy atom. The molecule has 3 nitrogen and oxygen atoms in total. The third kappa shape index (κ3) is 4.37. The van der Waals surface area contributed by atoms with E-state index in [-0.39, 0.29) is 0 Å². The van der Waals surface area contributed by atoms with Crippen LogP contribution in [0.3, 0.4) is 0 Å². The Labute approximate surface area is 95.3 Å². The molecule has 2 aromatic rings. The standard InChI is InChI=1S/C7H8O.C6H8N2/c1-6-2-4-7(8)5-3-6;7-5-1-2-6(8)4-3-5/h2-5,8H,1H3;1-4H,7-8H2. The van der Waals surface area contributed by atoms with Crippen molar-refractivity contribution in [3.63, 3.8) is 0 Å². The van der Waals surface area contributed by atoms with Crippen LogP contribution in [0.2, 0.25) is 0 Å². The van der Waals surface area contributed by atoms with Gasteiger partial charge in [-0.05, 0) is 43.3 Å². The Hall–Kier alpha value is -2.16. The quantitative estimate of drug-likeness (QED) is 0.592. The Kier molecular flexibility index (Phi) is 4.21. The van der Waals surface area contributed by atoms with Crippen molar-refractivity contribution in [3.05, 3.63) is 54.1 Å². The molecule has 0 heterocycles. The van der Waals surface area contributed by atoms with Crippen molar-refractivity contribution in [2.75, 3.05) is 11.5 Å². The maximum absolute atomic E-state index is 8.76. The average Bonchev–Trinajstić information content (AvgIpc) is 2.28. The predicted octanol–water partition coefficient (Wildman–Crippen LogP) is 2.55. The molecule has 0 radical (unpaired) electrons. The maximum Gasteiger partial charge on any atom is 0.115 e. The lowest BCUT2D eigenvalue weighted by Gasteiger charge is -1.90. The van der Waals surface area contributed by atoms with Crippen LogP contribution in [-0.2, 0) is 0 Å². The second kappa shape index (κ2) is 5.66. The summed E-state index contributed by atoms with van der Waals surface area (Å²) in [6.07, 6.45) is 0. The van der Waals surface area contributed by atoms with Gasteiger partial charge in [0, 0.05) is 11.4 Å². The second-order valence-electron chi connectivity index (χ2n) is 3.50. The molecule has 0 saturated heterocycles. The Balaban J connectivity index is 0.000000160. The Morgan fingerprint density at radius 1 is 0.750 bits per heavy atom. The summed E-state index contributed by atoms with van der Waals surface area (Å²) in [5.41, 5.74) is 13.4. The zero-order valence-electron chi connectivity index (χ0n) is 9.22. The molecule has 16 heavy (non-hydrogen) atoms. The molecule has 0 spiro atoms. The first-order chi connectivity index (χ1) is 7.58. The van der Waals surface area contributed by atoms with Crippen LogP contribution in [0.25, 0.3) is 0 Å². The summed E-state index contributed by atoms with van der Waals surface area (Å²) in [6, 6.07) is 14.2. The summed E-state index contributed by atoms with van der Waals surface area (Å²) in [4.78, 5) is 0. The fourth-order valence-corrected chi connectivity index (χ4v) is 1.04. The van der Waals surface area contributed by atoms with E-state index >= 15 is 0 Å². The highest BCUT2D eigenvalue weighted by Crippen LogP contribution is 2.07. The summed E-state index contributed by atoms with van der Waals surface area (Å²) in [5.74, 6) is 0.329. The van der Waals surface area contributed by atoms with Gasteiger partial charge in [-0.15, -0.1) is 0 Å². The van der Waals surface area contributed by atoms with Gasteiger partial charge in [-0.1, -0.05) is 17.7 Å². The number of benzene rings is 2. The lowest BCUT2D eigenvalue weighted by molar-refractivity contribution is 0.475. The molecule has 0 aliphatic heterocycles. The van der Waals surface area contributed by atoms with Crippen LogP contribution in [-0.4, -0.2) is 5.11 Å². The molecule has 0 amide bonds. The number of aryl methyl sites for hydroxylation is 1. The molecule has 2 rings (SSSR count). The van der Waals surface area contributed by atoms with E-state index in [4.69, 9.17) is 16.6 Å². The molecule has 84 valence electrons. The fourth-order valence-electron chi connectivity index (χ4n) is 1.04. The van der Waals surface area contributed by atoms with Crippen molar-refractivity contribution in [3.8, 4) is 5.75 Å². The highest BCUT2D eigenvalue weighted by molar-refractivity contribution is 5.47. The van der Waals surface area contributed by atoms with Gasteiger partial charge in [-0.2, -0.15) is 0 Å². The van der Waals surface area contributed by atoms with Gasteiger partial charge in [0.2, 0.25) is 0 Å². The molecular formula is C13H16N2O. The van der Waals surface area contributed by atoms with Gasteiger partial charge in [0.1, 0.15) is 5.75 Å². The molecule has 0 saturated carbocycles. The molecule has 0 aliphatic rings. The molecular weight excluding hydrogens is 200 g/mol. The van der Waals surface area contributed by atoms with Gasteiger partial charge < -0.3 is 16.6 Å². The first-order valence-corrected chi connectivity index (χ1v) is 4.94. The SMILES string of the molecule is Cc1ccc(O)cc1.Nc1ccc(N)cc1. The van der Waals surface area contributed by atoms with Crippen molar-refractivity contribution in [1.82, 2.24) is 0 Å². The minimum Gasteiger partial charge on any atom is -0.508 e. The number of rotatable bonds is 0. The number of nitrogens with two attached hydrogens (primary N) is 2. The first kappa shape index (κ1) is 11.9. The van der Waals surface area contributed by atoms with Crippen molar-refractivity contribution >= 4 is 11.4 Å². The summed E-state index contributed by atoms with van der Waals surface area (Å²) < 4.78 is 0. The molecule has 0 unspecified atom stereocenters. The minimum absolute atomic E-state index is 0.329. The smallest absolute Gasteiger partial charge is 0.115 e. The van der Waals surface area contributed by atoms with Gasteiger partial charge in [0.25, 0.3) is 0 Å². The maximum atomic E-state index is 8.76. The number of hydrogen-bond acceptors (Lipinski definition) is 3. The zero-order valence-corrected chi connectivity index (χ0v) is 9.22. The normalized spacial score (nSPS) is 9.06. The number of nitrogen functional groups attached to an aromatic ring is 2. The third-order valence-electron chi connectivity index (χ3n) is 1.97. The number of hydrogen-bond donors (Lipinski definition) is 3. The van der Waals surface area contributed by atoms with E-state index in [1.54, 1.807) is 36.4 Å². The predicted molar refractivity (Wildman–Crippen MR) is 68.1 cm³/mol. The van der Waals surface area contributed by atoms with E-state index < -0.39 is 0 Å². The lowest BCUT2D eigenvalue weighted by atomic mass is 10.2. The highest BCUT2D eigenvalue weighted by atomic mass is 16.3. The minimum atomic E-state index is 0.329. The number of phenolic OH excluding ortho intramolecular Hbond substituents is 1. The third-order valence-corrected chi connectivity index (χ3v) is 1.97. The Morgan fingerprint density at radius 3 is 1.44 bits per heavy atom. The van der Waals surface area contributed by atoms with E-state index in [2.05, 4.69) is 0 Å². The topological polar surface area (TPSA) is 72.3 Å². The number of phenols is 1. The molecule has 3 heteroatoms. The van der Waals surface area contributed by atoms with E-state index in [1.165, 1.54) is 5.56 Å². The van der Waals surface area contributed by atoms with Crippen molar-refractivity contribution in [2.45, 2.75) is 6.92 Å². The molecule has 5 N–H and O–H groups in total. The average molecular weight is 216 g/mol. The van der Waals surface area contributed by atoms with Crippen molar-refractivity contribution < 1.29 is 5.11 Å². The van der Waals surface area contributed by atoms with Crippen LogP contribution >= 0.6 is 0 Å². The van der Waals surface area contributed by atoms with Gasteiger partial charge in [-0.25, -0.2) is 0 Å². The summed E-state index contributed by atoms with van der Waals surface area (Å²) >= 11 is 0. The van der Waals surface area contributed by atoms with E-state index in [0.717, 1.165) is 11.4 Å². The fraction of sp³-hybridized carbons (Fsp3) is 0.0769. The summed E-state index contributed by atoms with van der Waals surface area (Å²) in [5, 5.41) is 8.76. The molecule has 0 aliphatic carbocycles. The zero-order chi connectivity index (χ0) is 12.0. The molecule has 0 fully saturated rings. The van der Waals surface area contributed by atoms with Crippen LogP contribution < -0.4 is 11.5 Å². The molecule has 0 bridgehead atoms. The van der Waals surface area contributed by atoms with E-state index in [9.17, 15) is 0 Å². The number of aromatic hydroxyl groups is 1. The van der Waals surface area contributed by atoms with E-state index in [1.807, 2.05) is 19.1 Å². The lowest BCUT2D eigenvalue weighted by Crippen LogP contribution is -1.86. The molecule has 0 aromatic heterocycles. The van der Waals surface area contributed by atoms with Crippen molar-refractivity contribution in [2.24, 2.45) is 0 Å². The van der Waals surface area contributed by atoms with Gasteiger partial charge in [0.15, 0.2) is 0 Å². The van der Waals surface area contributed by atoms with Crippen LogP contribution in [0.5, 0.6) is 5.75 Å². The van der Waals surface area contributed by atoms with Gasteiger partial charge in [0.05, 0.1) is 0 Å². The molecule has 2 aromatic carbocycles. The Bertz CT molecular complexity index is 335. The summed E-state index contributed by atoms with van der Waals surface area (Å²) in [6.45, 7) is 1.99. The highest BCUT2D eigenvalue weighted by Gasteiger charge is 1.82. The van der Waals surface area contributed by atoms with Crippen LogP contribution in [0, 0.1) is 6.92 Å². The van der Waals surface area contributed by atoms with Gasteiger partial charge >= 0.3 is 0 Å². The summed E-state index contributed by atoms with van der Waals surface area (Å²) in [7, 11) is 0. The van der Waals surface area contributed by atoms with Gasteiger partial charge in [-0.3, -0.25) is 0 Å². The van der Waals surface area contributed by atoms with Crippen LogP contribution in [0.15, 0.2) is 48.5 Å². The monoisotopic (exact) mass is 216 g/mol. The van der Waals surface area contributed by atoms with E-state index in [0.29, 0.717) is 5.75 Å². The van der Waals surface area contributed by atoms with Crippen LogP contribution in [0.4, 0.5) is 11.4 Å². The second-order valence-corrected chi connectivity index (χ2v) is 3.50.